The first-order valence-corrected chi connectivity index (χ1v) is 9.30. The van der Waals surface area contributed by atoms with Crippen LogP contribution in [0.15, 0.2) is 46.4 Å². The highest BCUT2D eigenvalue weighted by atomic mass is 32.1. The molecule has 3 heterocycles. The van der Waals surface area contributed by atoms with Crippen molar-refractivity contribution in [3.05, 3.63) is 70.1 Å². The van der Waals surface area contributed by atoms with E-state index in [-0.39, 0.29) is 23.5 Å². The molecule has 4 rings (SSSR count). The molecule has 1 N–H and O–H groups in total. The monoisotopic (exact) mass is 411 g/mol. The number of aromatic nitrogens is 1. The van der Waals surface area contributed by atoms with Gasteiger partial charge in [-0.25, -0.2) is 9.78 Å². The number of fused-ring (bicyclic) bond motifs is 1. The zero-order valence-corrected chi connectivity index (χ0v) is 15.8. The van der Waals surface area contributed by atoms with Crippen molar-refractivity contribution in [3.63, 3.8) is 0 Å². The van der Waals surface area contributed by atoms with Crippen LogP contribution >= 0.6 is 11.3 Å². The van der Waals surface area contributed by atoms with Gasteiger partial charge in [0.1, 0.15) is 5.76 Å². The van der Waals surface area contributed by atoms with Crippen LogP contribution in [-0.4, -0.2) is 33.7 Å². The Morgan fingerprint density at radius 2 is 1.86 bits per heavy atom. The highest BCUT2D eigenvalue weighted by Gasteiger charge is 2.38. The first kappa shape index (κ1) is 18.6. The van der Waals surface area contributed by atoms with Crippen LogP contribution in [0.25, 0.3) is 0 Å². The largest absolute Gasteiger partial charge is 0.469 e. The van der Waals surface area contributed by atoms with Gasteiger partial charge in [-0.15, -0.1) is 11.3 Å². The van der Waals surface area contributed by atoms with Gasteiger partial charge in [0.25, 0.3) is 17.7 Å². The SMILES string of the molecule is Cc1occc1C(=O)Nc1nc(CC(=O)ON2C(=O)c3ccccc3C2=O)cs1. The molecular formula is C19H13N3O6S. The summed E-state index contributed by atoms with van der Waals surface area (Å²) in [7, 11) is 0. The summed E-state index contributed by atoms with van der Waals surface area (Å²) in [6.07, 6.45) is 1.14. The number of nitrogens with zero attached hydrogens (tertiary/aromatic N) is 2. The fraction of sp³-hybridized carbons (Fsp3) is 0.105. The van der Waals surface area contributed by atoms with Gasteiger partial charge in [0.15, 0.2) is 5.13 Å². The summed E-state index contributed by atoms with van der Waals surface area (Å²) >= 11 is 1.13. The predicted octanol–water partition coefficient (Wildman–Crippen LogP) is 2.59. The van der Waals surface area contributed by atoms with Crippen molar-refractivity contribution in [1.29, 1.82) is 0 Å². The van der Waals surface area contributed by atoms with E-state index in [2.05, 4.69) is 10.3 Å². The smallest absolute Gasteiger partial charge is 0.339 e. The Morgan fingerprint density at radius 1 is 1.17 bits per heavy atom. The number of anilines is 1. The molecule has 10 heteroatoms. The number of thiazole rings is 1. The highest BCUT2D eigenvalue weighted by molar-refractivity contribution is 7.14. The van der Waals surface area contributed by atoms with E-state index in [1.165, 1.54) is 18.4 Å². The number of hydrogen-bond donors (Lipinski definition) is 1. The van der Waals surface area contributed by atoms with Crippen LogP contribution in [0.4, 0.5) is 5.13 Å². The molecule has 0 fully saturated rings. The van der Waals surface area contributed by atoms with Gasteiger partial charge in [0, 0.05) is 5.38 Å². The predicted molar refractivity (Wildman–Crippen MR) is 100 cm³/mol. The zero-order valence-electron chi connectivity index (χ0n) is 15.0. The molecule has 3 aromatic rings. The molecule has 0 atom stereocenters. The number of hydroxylamine groups is 2. The molecule has 3 amide bonds. The third-order valence-electron chi connectivity index (χ3n) is 4.15. The number of hydrogen-bond acceptors (Lipinski definition) is 8. The average molecular weight is 411 g/mol. The minimum Gasteiger partial charge on any atom is -0.469 e. The molecule has 2 aromatic heterocycles. The van der Waals surface area contributed by atoms with Crippen molar-refractivity contribution in [1.82, 2.24) is 10.0 Å². The Labute approximate surface area is 167 Å². The number of nitrogens with one attached hydrogen (secondary N) is 1. The van der Waals surface area contributed by atoms with Gasteiger partial charge in [0.05, 0.1) is 35.1 Å². The number of imide groups is 1. The Kier molecular flexibility index (Phi) is 4.69. The second kappa shape index (κ2) is 7.32. The van der Waals surface area contributed by atoms with Crippen LogP contribution < -0.4 is 5.32 Å². The molecule has 29 heavy (non-hydrogen) atoms. The molecule has 0 saturated heterocycles. The molecule has 146 valence electrons. The Balaban J connectivity index is 1.38. The van der Waals surface area contributed by atoms with Crippen molar-refractivity contribution in [2.24, 2.45) is 0 Å². The van der Waals surface area contributed by atoms with Crippen LogP contribution in [0.3, 0.4) is 0 Å². The fourth-order valence-corrected chi connectivity index (χ4v) is 3.47. The standard InChI is InChI=1S/C19H13N3O6S/c1-10-12(6-7-27-10)16(24)21-19-20-11(9-29-19)8-15(23)28-22-17(25)13-4-2-3-5-14(13)18(22)26/h2-7,9H,8H2,1H3,(H,20,21,24). The average Bonchev–Trinajstić information content (AvgIpc) is 3.38. The highest BCUT2D eigenvalue weighted by Crippen LogP contribution is 2.23. The van der Waals surface area contributed by atoms with Gasteiger partial charge in [-0.05, 0) is 25.1 Å². The number of furan rings is 1. The minimum absolute atomic E-state index is 0.179. The summed E-state index contributed by atoms with van der Waals surface area (Å²) in [4.78, 5) is 57.9. The quantitative estimate of drug-likeness (QED) is 0.641. The van der Waals surface area contributed by atoms with Crippen molar-refractivity contribution >= 4 is 40.2 Å². The lowest BCUT2D eigenvalue weighted by molar-refractivity contribution is -0.167. The third kappa shape index (κ3) is 3.52. The van der Waals surface area contributed by atoms with Crippen molar-refractivity contribution in [3.8, 4) is 0 Å². The van der Waals surface area contributed by atoms with E-state index in [1.54, 1.807) is 30.5 Å². The Bertz CT molecular complexity index is 1110. The number of amides is 3. The maximum absolute atomic E-state index is 12.2. The van der Waals surface area contributed by atoms with Gasteiger partial charge in [-0.1, -0.05) is 17.2 Å². The van der Waals surface area contributed by atoms with Gasteiger partial charge >= 0.3 is 5.97 Å². The van der Waals surface area contributed by atoms with Crippen LogP contribution in [0.5, 0.6) is 0 Å². The van der Waals surface area contributed by atoms with Gasteiger partial charge in [0.2, 0.25) is 0 Å². The second-order valence-corrected chi connectivity index (χ2v) is 6.94. The van der Waals surface area contributed by atoms with Crippen molar-refractivity contribution in [2.75, 3.05) is 5.32 Å². The summed E-state index contributed by atoms with van der Waals surface area (Å²) in [5, 5.41) is 4.93. The lowest BCUT2D eigenvalue weighted by atomic mass is 10.1. The molecular weight excluding hydrogens is 398 g/mol. The number of rotatable bonds is 5. The van der Waals surface area contributed by atoms with E-state index in [9.17, 15) is 19.2 Å². The molecule has 0 bridgehead atoms. The van der Waals surface area contributed by atoms with Crippen LogP contribution in [0.2, 0.25) is 0 Å². The van der Waals surface area contributed by atoms with E-state index in [1.807, 2.05) is 0 Å². The fourth-order valence-electron chi connectivity index (χ4n) is 2.76. The summed E-state index contributed by atoms with van der Waals surface area (Å²) in [6, 6.07) is 7.75. The Hall–Kier alpha value is -3.79. The summed E-state index contributed by atoms with van der Waals surface area (Å²) < 4.78 is 5.09. The summed E-state index contributed by atoms with van der Waals surface area (Å²) in [5.74, 6) is -2.12. The van der Waals surface area contributed by atoms with Crippen molar-refractivity contribution in [2.45, 2.75) is 13.3 Å². The van der Waals surface area contributed by atoms with Crippen molar-refractivity contribution < 1.29 is 28.4 Å². The maximum atomic E-state index is 12.2. The van der Waals surface area contributed by atoms with E-state index in [0.29, 0.717) is 27.2 Å². The van der Waals surface area contributed by atoms with E-state index in [4.69, 9.17) is 9.25 Å². The normalized spacial score (nSPS) is 12.8. The minimum atomic E-state index is -0.826. The van der Waals surface area contributed by atoms with E-state index < -0.39 is 17.8 Å². The Morgan fingerprint density at radius 3 is 2.48 bits per heavy atom. The molecule has 9 nitrogen and oxygen atoms in total. The molecule has 0 aliphatic carbocycles. The number of carbonyl (C=O) groups excluding carboxylic acids is 4. The summed E-state index contributed by atoms with van der Waals surface area (Å²) in [5.41, 5.74) is 1.07. The van der Waals surface area contributed by atoms with Crippen LogP contribution in [-0.2, 0) is 16.1 Å². The molecule has 0 saturated carbocycles. The van der Waals surface area contributed by atoms with E-state index >= 15 is 0 Å². The van der Waals surface area contributed by atoms with Gasteiger partial charge in [-0.3, -0.25) is 19.7 Å². The first-order chi connectivity index (χ1) is 13.9. The van der Waals surface area contributed by atoms with Gasteiger partial charge in [-0.2, -0.15) is 0 Å². The van der Waals surface area contributed by atoms with Gasteiger partial charge < -0.3 is 9.25 Å². The topological polar surface area (TPSA) is 119 Å². The zero-order chi connectivity index (χ0) is 20.5. The lowest BCUT2D eigenvalue weighted by Gasteiger charge is -2.12. The van der Waals surface area contributed by atoms with Crippen LogP contribution in [0, 0.1) is 6.92 Å². The first-order valence-electron chi connectivity index (χ1n) is 8.42. The number of aryl methyl sites for hydroxylation is 1. The summed E-state index contributed by atoms with van der Waals surface area (Å²) in [6.45, 7) is 1.66. The maximum Gasteiger partial charge on any atom is 0.339 e. The van der Waals surface area contributed by atoms with Crippen LogP contribution in [0.1, 0.15) is 42.5 Å². The molecule has 1 aliphatic rings. The molecule has 0 radical (unpaired) electrons. The second-order valence-electron chi connectivity index (χ2n) is 6.08. The lowest BCUT2D eigenvalue weighted by Crippen LogP contribution is -2.33. The number of carbonyl (C=O) groups is 4. The molecule has 1 aromatic carbocycles. The molecule has 0 unspecified atom stereocenters. The molecule has 0 spiro atoms. The molecule has 1 aliphatic heterocycles. The van der Waals surface area contributed by atoms with E-state index in [0.717, 1.165) is 11.3 Å². The third-order valence-corrected chi connectivity index (χ3v) is 4.96. The number of benzene rings is 1.